The number of rotatable bonds is 10. The number of aryl methyl sites for hydroxylation is 1. The summed E-state index contributed by atoms with van der Waals surface area (Å²) in [4.78, 5) is 27.3. The number of carbonyl (C=O) groups is 2. The fourth-order valence-corrected chi connectivity index (χ4v) is 4.08. The highest BCUT2D eigenvalue weighted by atomic mass is 32.2. The first-order valence-corrected chi connectivity index (χ1v) is 12.6. The molecule has 0 spiro atoms. The molecule has 2 aromatic carbocycles. The van der Waals surface area contributed by atoms with Gasteiger partial charge in [0, 0.05) is 18.7 Å². The minimum Gasteiger partial charge on any atom is -0.354 e. The van der Waals surface area contributed by atoms with Crippen LogP contribution in [0.3, 0.4) is 0 Å². The molecule has 0 aliphatic heterocycles. The van der Waals surface area contributed by atoms with Crippen LogP contribution in [-0.2, 0) is 26.2 Å². The van der Waals surface area contributed by atoms with Crippen molar-refractivity contribution < 1.29 is 22.4 Å². The fourth-order valence-electron chi connectivity index (χ4n) is 3.24. The molecule has 2 rings (SSSR count). The van der Waals surface area contributed by atoms with Gasteiger partial charge in [-0.15, -0.1) is 0 Å². The van der Waals surface area contributed by atoms with E-state index in [1.54, 1.807) is 31.2 Å². The summed E-state index contributed by atoms with van der Waals surface area (Å²) in [6.45, 7) is 6.98. The highest BCUT2D eigenvalue weighted by molar-refractivity contribution is 7.92. The van der Waals surface area contributed by atoms with Crippen molar-refractivity contribution in [2.75, 3.05) is 23.7 Å². The molecule has 0 fully saturated rings. The van der Waals surface area contributed by atoms with E-state index in [-0.39, 0.29) is 18.0 Å². The van der Waals surface area contributed by atoms with Crippen molar-refractivity contribution in [2.45, 2.75) is 40.3 Å². The second kappa shape index (κ2) is 11.3. The highest BCUT2D eigenvalue weighted by Gasteiger charge is 2.30. The molecule has 2 aromatic rings. The van der Waals surface area contributed by atoms with Crippen molar-refractivity contribution in [3.05, 3.63) is 65.5 Å². The lowest BCUT2D eigenvalue weighted by Crippen LogP contribution is -2.51. The van der Waals surface area contributed by atoms with Crippen LogP contribution in [0.15, 0.2) is 48.5 Å². The standard InChI is InChI=1S/C24H32FN3O4S/c1-17(2)14-26-24(30)19(4)27(15-20-10-6-7-12-22(20)25)23(29)16-28(33(5,31)32)21-11-8-9-18(3)13-21/h6-13,17,19H,14-16H2,1-5H3,(H,26,30). The van der Waals surface area contributed by atoms with Crippen molar-refractivity contribution in [1.29, 1.82) is 0 Å². The number of hydrogen-bond acceptors (Lipinski definition) is 4. The Kier molecular flexibility index (Phi) is 8.99. The maximum absolute atomic E-state index is 14.3. The Morgan fingerprint density at radius 2 is 1.73 bits per heavy atom. The van der Waals surface area contributed by atoms with Gasteiger partial charge in [0.15, 0.2) is 0 Å². The van der Waals surface area contributed by atoms with Gasteiger partial charge in [0.25, 0.3) is 0 Å². The molecule has 1 atom stereocenters. The summed E-state index contributed by atoms with van der Waals surface area (Å²) in [5.74, 6) is -1.31. The van der Waals surface area contributed by atoms with Crippen molar-refractivity contribution in [3.8, 4) is 0 Å². The second-order valence-electron chi connectivity index (χ2n) is 8.54. The van der Waals surface area contributed by atoms with E-state index in [1.165, 1.54) is 23.1 Å². The molecule has 1 unspecified atom stereocenters. The Hall–Kier alpha value is -2.94. The van der Waals surface area contributed by atoms with Gasteiger partial charge in [-0.25, -0.2) is 12.8 Å². The second-order valence-corrected chi connectivity index (χ2v) is 10.4. The predicted molar refractivity (Wildman–Crippen MR) is 128 cm³/mol. The first-order chi connectivity index (χ1) is 15.4. The van der Waals surface area contributed by atoms with E-state index >= 15 is 0 Å². The third-order valence-corrected chi connectivity index (χ3v) is 6.26. The number of benzene rings is 2. The summed E-state index contributed by atoms with van der Waals surface area (Å²) in [5, 5.41) is 2.78. The Bertz CT molecular complexity index is 1090. The maximum atomic E-state index is 14.3. The number of nitrogens with one attached hydrogen (secondary N) is 1. The third-order valence-electron chi connectivity index (χ3n) is 5.12. The van der Waals surface area contributed by atoms with Gasteiger partial charge in [0.2, 0.25) is 21.8 Å². The predicted octanol–water partition coefficient (Wildman–Crippen LogP) is 3.09. The van der Waals surface area contributed by atoms with E-state index in [2.05, 4.69) is 5.32 Å². The van der Waals surface area contributed by atoms with Gasteiger partial charge >= 0.3 is 0 Å². The van der Waals surface area contributed by atoms with Gasteiger partial charge in [-0.05, 0) is 43.5 Å². The molecule has 2 amide bonds. The molecule has 33 heavy (non-hydrogen) atoms. The normalized spacial score (nSPS) is 12.3. The maximum Gasteiger partial charge on any atom is 0.244 e. The zero-order valence-corrected chi connectivity index (χ0v) is 20.5. The molecular formula is C24H32FN3O4S. The number of nitrogens with zero attached hydrogens (tertiary/aromatic N) is 2. The average molecular weight is 478 g/mol. The number of hydrogen-bond donors (Lipinski definition) is 1. The van der Waals surface area contributed by atoms with Crippen LogP contribution >= 0.6 is 0 Å². The van der Waals surface area contributed by atoms with Crippen LogP contribution in [0, 0.1) is 18.7 Å². The first-order valence-electron chi connectivity index (χ1n) is 10.7. The van der Waals surface area contributed by atoms with E-state index in [4.69, 9.17) is 0 Å². The van der Waals surface area contributed by atoms with E-state index in [0.717, 1.165) is 16.1 Å². The topological polar surface area (TPSA) is 86.8 Å². The molecule has 0 aromatic heterocycles. The number of amides is 2. The average Bonchev–Trinajstić information content (AvgIpc) is 2.73. The SMILES string of the molecule is Cc1cccc(N(CC(=O)N(Cc2ccccc2F)C(C)C(=O)NCC(C)C)S(C)(=O)=O)c1. The van der Waals surface area contributed by atoms with Crippen LogP contribution in [-0.4, -0.2) is 50.5 Å². The van der Waals surface area contributed by atoms with Gasteiger partial charge in [-0.3, -0.25) is 13.9 Å². The summed E-state index contributed by atoms with van der Waals surface area (Å²) >= 11 is 0. The highest BCUT2D eigenvalue weighted by Crippen LogP contribution is 2.20. The van der Waals surface area contributed by atoms with Crippen molar-refractivity contribution >= 4 is 27.5 Å². The summed E-state index contributed by atoms with van der Waals surface area (Å²) in [6, 6.07) is 11.8. The molecule has 0 aliphatic carbocycles. The zero-order valence-electron chi connectivity index (χ0n) is 19.7. The molecule has 0 saturated heterocycles. The Morgan fingerprint density at radius 3 is 2.30 bits per heavy atom. The summed E-state index contributed by atoms with van der Waals surface area (Å²) in [5.41, 5.74) is 1.41. The third kappa shape index (κ3) is 7.56. The molecule has 0 aliphatic rings. The van der Waals surface area contributed by atoms with E-state index in [0.29, 0.717) is 12.2 Å². The molecule has 0 saturated carbocycles. The lowest BCUT2D eigenvalue weighted by molar-refractivity contribution is -0.139. The van der Waals surface area contributed by atoms with Crippen LogP contribution < -0.4 is 9.62 Å². The van der Waals surface area contributed by atoms with Crippen molar-refractivity contribution in [1.82, 2.24) is 10.2 Å². The molecule has 0 bridgehead atoms. The zero-order chi connectivity index (χ0) is 24.8. The summed E-state index contributed by atoms with van der Waals surface area (Å²) in [6.07, 6.45) is 1.02. The Labute approximate surface area is 195 Å². The fraction of sp³-hybridized carbons (Fsp3) is 0.417. The Balaban J connectivity index is 2.38. The first kappa shape index (κ1) is 26.3. The minimum atomic E-state index is -3.80. The monoisotopic (exact) mass is 477 g/mol. The molecular weight excluding hydrogens is 445 g/mol. The molecule has 0 radical (unpaired) electrons. The van der Waals surface area contributed by atoms with E-state index < -0.39 is 40.2 Å². The Morgan fingerprint density at radius 1 is 1.06 bits per heavy atom. The summed E-state index contributed by atoms with van der Waals surface area (Å²) < 4.78 is 40.4. The number of sulfonamides is 1. The van der Waals surface area contributed by atoms with E-state index in [1.807, 2.05) is 26.8 Å². The number of anilines is 1. The van der Waals surface area contributed by atoms with Crippen LogP contribution in [0.4, 0.5) is 10.1 Å². The van der Waals surface area contributed by atoms with Crippen LogP contribution in [0.25, 0.3) is 0 Å². The van der Waals surface area contributed by atoms with Crippen molar-refractivity contribution in [2.24, 2.45) is 5.92 Å². The lowest BCUT2D eigenvalue weighted by atomic mass is 10.1. The molecule has 0 heterocycles. The molecule has 1 N–H and O–H groups in total. The largest absolute Gasteiger partial charge is 0.354 e. The van der Waals surface area contributed by atoms with Gasteiger partial charge in [-0.2, -0.15) is 0 Å². The molecule has 180 valence electrons. The van der Waals surface area contributed by atoms with Crippen LogP contribution in [0.5, 0.6) is 0 Å². The van der Waals surface area contributed by atoms with Crippen LogP contribution in [0.1, 0.15) is 31.9 Å². The van der Waals surface area contributed by atoms with Gasteiger partial charge in [-0.1, -0.05) is 44.2 Å². The quantitative estimate of drug-likeness (QED) is 0.570. The van der Waals surface area contributed by atoms with Gasteiger partial charge < -0.3 is 10.2 Å². The van der Waals surface area contributed by atoms with Gasteiger partial charge in [0.05, 0.1) is 11.9 Å². The minimum absolute atomic E-state index is 0.173. The number of halogens is 1. The lowest BCUT2D eigenvalue weighted by Gasteiger charge is -2.31. The van der Waals surface area contributed by atoms with Crippen LogP contribution in [0.2, 0.25) is 0 Å². The van der Waals surface area contributed by atoms with Gasteiger partial charge in [0.1, 0.15) is 18.4 Å². The molecule has 9 heteroatoms. The van der Waals surface area contributed by atoms with E-state index in [9.17, 15) is 22.4 Å². The summed E-state index contributed by atoms with van der Waals surface area (Å²) in [7, 11) is -3.80. The smallest absolute Gasteiger partial charge is 0.244 e. The molecule has 7 nitrogen and oxygen atoms in total. The van der Waals surface area contributed by atoms with Crippen molar-refractivity contribution in [3.63, 3.8) is 0 Å². The number of carbonyl (C=O) groups excluding carboxylic acids is 2.